The van der Waals surface area contributed by atoms with Crippen LogP contribution in [-0.2, 0) is 30.6 Å². The van der Waals surface area contributed by atoms with E-state index in [9.17, 15) is 40.0 Å². The summed E-state index contributed by atoms with van der Waals surface area (Å²) in [6.45, 7) is 8.11. The lowest BCUT2D eigenvalue weighted by Crippen LogP contribution is -2.56. The van der Waals surface area contributed by atoms with Crippen LogP contribution < -0.4 is 4.74 Å². The fourth-order valence-electron chi connectivity index (χ4n) is 10.3. The zero-order valence-corrected chi connectivity index (χ0v) is 31.4. The zero-order valence-electron chi connectivity index (χ0n) is 30.6. The molecule has 1 aromatic carbocycles. The van der Waals surface area contributed by atoms with Gasteiger partial charge in [-0.05, 0) is 119 Å². The van der Waals surface area contributed by atoms with E-state index in [0.29, 0.717) is 38.1 Å². The summed E-state index contributed by atoms with van der Waals surface area (Å²) in [5, 5.41) is 0. The number of fused-ring (bicyclic) bond motifs is 5. The molecule has 5 rings (SSSR count). The van der Waals surface area contributed by atoms with Crippen LogP contribution in [0.15, 0.2) is 18.2 Å². The van der Waals surface area contributed by atoms with E-state index in [2.05, 4.69) is 11.8 Å². The molecule has 0 amide bonds. The quantitative estimate of drug-likeness (QED) is 0.0814. The highest BCUT2D eigenvalue weighted by atomic mass is 32.2. The van der Waals surface area contributed by atoms with Gasteiger partial charge in [0.15, 0.2) is 9.84 Å². The second-order valence-corrected chi connectivity index (χ2v) is 18.5. The Kier molecular flexibility index (Phi) is 12.1. The van der Waals surface area contributed by atoms with Gasteiger partial charge in [-0.25, -0.2) is 12.8 Å². The number of nitrogens with zero attached hydrogens (tertiary/aromatic N) is 1. The Hall–Kier alpha value is -2.35. The number of carbonyl (C=O) groups is 2. The molecule has 0 radical (unpaired) electrons. The SMILES string of the molecule is CC(=O)Oc1ccc2c(c1)C[C@@H](CCCCCN1CCC[C@H]1CS(=O)(=O)CCCC(F)(F)C(F)(F)F)[C@@H]1[C@@H]2[C@@H](F)C[C@@]2(C)[C@H]1CC[C@]2(C)OC(C)=O. The van der Waals surface area contributed by atoms with Crippen molar-refractivity contribution in [2.45, 2.75) is 141 Å². The summed E-state index contributed by atoms with van der Waals surface area (Å²) in [5.74, 6) is -6.26. The van der Waals surface area contributed by atoms with Crippen LogP contribution in [0.3, 0.4) is 0 Å². The number of hydrogen-bond acceptors (Lipinski definition) is 7. The first-order valence-electron chi connectivity index (χ1n) is 18.7. The average molecular weight is 766 g/mol. The Morgan fingerprint density at radius 2 is 1.73 bits per heavy atom. The fourth-order valence-corrected chi connectivity index (χ4v) is 12.0. The first-order chi connectivity index (χ1) is 24.2. The van der Waals surface area contributed by atoms with E-state index in [1.807, 2.05) is 19.1 Å². The largest absolute Gasteiger partial charge is 0.459 e. The van der Waals surface area contributed by atoms with E-state index >= 15 is 4.39 Å². The molecule has 52 heavy (non-hydrogen) atoms. The van der Waals surface area contributed by atoms with Crippen LogP contribution >= 0.6 is 0 Å². The number of benzene rings is 1. The summed E-state index contributed by atoms with van der Waals surface area (Å²) in [6, 6.07) is 5.20. The predicted octanol–water partition coefficient (Wildman–Crippen LogP) is 8.38. The molecule has 7 nitrogen and oxygen atoms in total. The van der Waals surface area contributed by atoms with Crippen molar-refractivity contribution < 1.29 is 53.8 Å². The smallest absolute Gasteiger partial charge is 0.453 e. The Bertz CT molecular complexity index is 1570. The van der Waals surface area contributed by atoms with E-state index in [1.165, 1.54) is 13.8 Å². The van der Waals surface area contributed by atoms with Gasteiger partial charge in [0.25, 0.3) is 0 Å². The monoisotopic (exact) mass is 765 g/mol. The normalized spacial score (nSPS) is 32.2. The summed E-state index contributed by atoms with van der Waals surface area (Å²) in [7, 11) is -3.82. The van der Waals surface area contributed by atoms with Crippen molar-refractivity contribution in [3.63, 3.8) is 0 Å². The van der Waals surface area contributed by atoms with Crippen LogP contribution in [0.4, 0.5) is 26.3 Å². The molecule has 8 atom stereocenters. The van der Waals surface area contributed by atoms with Gasteiger partial charge in [-0.1, -0.05) is 25.8 Å². The molecule has 1 aromatic rings. The van der Waals surface area contributed by atoms with Gasteiger partial charge in [-0.3, -0.25) is 14.5 Å². The molecule has 14 heteroatoms. The molecule has 1 heterocycles. The second kappa shape index (κ2) is 15.4. The molecule has 1 aliphatic heterocycles. The summed E-state index contributed by atoms with van der Waals surface area (Å²) >= 11 is 0. The van der Waals surface area contributed by atoms with E-state index < -0.39 is 63.7 Å². The third kappa shape index (κ3) is 8.62. The third-order valence-corrected chi connectivity index (χ3v) is 14.6. The van der Waals surface area contributed by atoms with Gasteiger partial charge in [-0.2, -0.15) is 22.0 Å². The number of esters is 2. The van der Waals surface area contributed by atoms with Crippen LogP contribution in [0.1, 0.15) is 115 Å². The molecule has 0 N–H and O–H groups in total. The van der Waals surface area contributed by atoms with Crippen molar-refractivity contribution >= 4 is 21.8 Å². The predicted molar refractivity (Wildman–Crippen MR) is 184 cm³/mol. The Balaban J connectivity index is 1.22. The van der Waals surface area contributed by atoms with Crippen LogP contribution in [0, 0.1) is 23.2 Å². The lowest BCUT2D eigenvalue weighted by molar-refractivity contribution is -0.284. The highest BCUT2D eigenvalue weighted by molar-refractivity contribution is 7.91. The molecular weight excluding hydrogens is 712 g/mol. The Morgan fingerprint density at radius 1 is 1.00 bits per heavy atom. The van der Waals surface area contributed by atoms with Crippen LogP contribution in [0.2, 0.25) is 0 Å². The lowest BCUT2D eigenvalue weighted by Gasteiger charge is -2.56. The zero-order chi connectivity index (χ0) is 38.3. The average Bonchev–Trinajstić information content (AvgIpc) is 3.54. The Morgan fingerprint density at radius 3 is 2.40 bits per heavy atom. The van der Waals surface area contributed by atoms with Gasteiger partial charge in [0.2, 0.25) is 0 Å². The van der Waals surface area contributed by atoms with Crippen molar-refractivity contribution in [1.29, 1.82) is 0 Å². The molecule has 1 saturated heterocycles. The number of alkyl halides is 6. The summed E-state index contributed by atoms with van der Waals surface area (Å²) in [6.07, 6.45) is -1.94. The van der Waals surface area contributed by atoms with Crippen molar-refractivity contribution in [3.8, 4) is 5.75 Å². The molecule has 0 bridgehead atoms. The maximum absolute atomic E-state index is 16.6. The maximum Gasteiger partial charge on any atom is 0.453 e. The van der Waals surface area contributed by atoms with E-state index in [0.717, 1.165) is 49.7 Å². The van der Waals surface area contributed by atoms with E-state index in [-0.39, 0.29) is 47.9 Å². The summed E-state index contributed by atoms with van der Waals surface area (Å²) in [4.78, 5) is 26.0. The first kappa shape index (κ1) is 40.8. The minimum atomic E-state index is -5.70. The van der Waals surface area contributed by atoms with E-state index in [4.69, 9.17) is 9.47 Å². The molecular formula is C38H53F6NO6S. The van der Waals surface area contributed by atoms with Gasteiger partial charge < -0.3 is 9.47 Å². The van der Waals surface area contributed by atoms with Gasteiger partial charge >= 0.3 is 24.0 Å². The first-order valence-corrected chi connectivity index (χ1v) is 20.5. The standard InChI is InChI=1S/C38H53F6NO6S/c1-24(46)50-29-12-13-30-27(21-29)20-26(33-31-14-16-36(4,51-25(2)47)35(31,3)22-32(39)34(30)33)10-6-5-7-17-45-18-8-11-28(45)23-52(48,49)19-9-15-37(40,41)38(42,43)44/h12-13,21,26,28,31-34H,5-11,14-20,22-23H2,1-4H3/t26-,28+,31+,32+,33+,34+,35+,36+/m1/s1. The molecule has 0 spiro atoms. The number of ether oxygens (including phenoxy) is 2. The number of rotatable bonds is 14. The number of hydrogen-bond donors (Lipinski definition) is 0. The number of sulfone groups is 1. The second-order valence-electron chi connectivity index (χ2n) is 16.2. The molecule has 3 fully saturated rings. The molecule has 3 aliphatic carbocycles. The topological polar surface area (TPSA) is 90.0 Å². The highest BCUT2D eigenvalue weighted by Gasteiger charge is 2.65. The summed E-state index contributed by atoms with van der Waals surface area (Å²) < 4.78 is 117. The van der Waals surface area contributed by atoms with Crippen molar-refractivity contribution in [3.05, 3.63) is 29.3 Å². The van der Waals surface area contributed by atoms with E-state index in [1.54, 1.807) is 6.07 Å². The van der Waals surface area contributed by atoms with Gasteiger partial charge in [0.1, 0.15) is 17.5 Å². The van der Waals surface area contributed by atoms with Gasteiger partial charge in [0.05, 0.1) is 11.5 Å². The third-order valence-electron chi connectivity index (χ3n) is 12.8. The molecule has 0 aromatic heterocycles. The molecule has 294 valence electrons. The maximum atomic E-state index is 16.6. The van der Waals surface area contributed by atoms with Crippen molar-refractivity contribution in [2.75, 3.05) is 24.6 Å². The molecule has 0 unspecified atom stereocenters. The van der Waals surface area contributed by atoms with Crippen molar-refractivity contribution in [2.24, 2.45) is 23.2 Å². The number of halogens is 6. The summed E-state index contributed by atoms with van der Waals surface area (Å²) in [5.41, 5.74) is 0.644. The fraction of sp³-hybridized carbons (Fsp3) is 0.789. The number of unbranched alkanes of at least 4 members (excludes halogenated alkanes) is 2. The van der Waals surface area contributed by atoms with Crippen LogP contribution in [0.5, 0.6) is 5.75 Å². The van der Waals surface area contributed by atoms with Gasteiger partial charge in [-0.15, -0.1) is 0 Å². The van der Waals surface area contributed by atoms with Crippen LogP contribution in [-0.4, -0.2) is 79.8 Å². The molecule has 2 saturated carbocycles. The lowest BCUT2D eigenvalue weighted by atomic mass is 9.50. The minimum absolute atomic E-state index is 0.0301. The van der Waals surface area contributed by atoms with Crippen molar-refractivity contribution in [1.82, 2.24) is 4.90 Å². The number of carbonyl (C=O) groups excluding carboxylic acids is 2. The highest BCUT2D eigenvalue weighted by Crippen LogP contribution is 2.67. The minimum Gasteiger partial charge on any atom is -0.459 e. The number of likely N-dealkylation sites (tertiary alicyclic amines) is 1. The van der Waals surface area contributed by atoms with Gasteiger partial charge in [0, 0.05) is 37.6 Å². The molecule has 4 aliphatic rings. The Labute approximate surface area is 303 Å². The van der Waals surface area contributed by atoms with Crippen LogP contribution in [0.25, 0.3) is 0 Å².